The highest BCUT2D eigenvalue weighted by atomic mass is 15.2. The average Bonchev–Trinajstić information content (AvgIpc) is 3.31. The van der Waals surface area contributed by atoms with Gasteiger partial charge in [-0.05, 0) is 43.9 Å². The molecule has 0 spiro atoms. The van der Waals surface area contributed by atoms with Crippen LogP contribution in [-0.4, -0.2) is 27.5 Å². The second kappa shape index (κ2) is 13.4. The Morgan fingerprint density at radius 3 is 1.81 bits per heavy atom. The van der Waals surface area contributed by atoms with Crippen molar-refractivity contribution in [2.24, 2.45) is 11.8 Å². The van der Waals surface area contributed by atoms with Crippen LogP contribution >= 0.6 is 0 Å². The van der Waals surface area contributed by atoms with Crippen LogP contribution in [0.25, 0.3) is 22.6 Å². The van der Waals surface area contributed by atoms with Gasteiger partial charge in [-0.25, -0.2) is 4.98 Å². The third-order valence-corrected chi connectivity index (χ3v) is 8.74. The molecule has 3 heteroatoms. The van der Waals surface area contributed by atoms with Crippen molar-refractivity contribution in [3.05, 3.63) is 66.4 Å². The van der Waals surface area contributed by atoms with Crippen molar-refractivity contribution in [2.75, 3.05) is 13.1 Å². The molecule has 3 nitrogen and oxygen atoms in total. The van der Waals surface area contributed by atoms with Crippen molar-refractivity contribution in [3.8, 4) is 22.6 Å². The molecule has 2 aliphatic rings. The first-order valence-electron chi connectivity index (χ1n) is 15.2. The molecular formula is C34H47N3. The normalized spacial score (nSPS) is 17.5. The summed E-state index contributed by atoms with van der Waals surface area (Å²) in [6, 6.07) is 21.8. The second-order valence-electron chi connectivity index (χ2n) is 11.7. The molecule has 2 aromatic carbocycles. The molecule has 3 aromatic rings. The fraction of sp³-hybridized carbons (Fsp3) is 0.559. The molecule has 37 heavy (non-hydrogen) atoms. The highest BCUT2D eigenvalue weighted by molar-refractivity contribution is 5.68. The molecule has 0 N–H and O–H groups in total. The molecule has 0 bridgehead atoms. The molecule has 1 heterocycles. The summed E-state index contributed by atoms with van der Waals surface area (Å²) in [7, 11) is 0. The van der Waals surface area contributed by atoms with Gasteiger partial charge in [-0.2, -0.15) is 0 Å². The number of imidazole rings is 1. The number of rotatable bonds is 11. The van der Waals surface area contributed by atoms with Gasteiger partial charge in [0.1, 0.15) is 5.82 Å². The van der Waals surface area contributed by atoms with Crippen LogP contribution in [0.4, 0.5) is 0 Å². The third kappa shape index (κ3) is 6.93. The quantitative estimate of drug-likeness (QED) is 0.263. The molecule has 1 aromatic heterocycles. The van der Waals surface area contributed by atoms with Gasteiger partial charge in [0.15, 0.2) is 0 Å². The minimum absolute atomic E-state index is 0.859. The van der Waals surface area contributed by atoms with Crippen molar-refractivity contribution in [1.82, 2.24) is 14.5 Å². The fourth-order valence-electron chi connectivity index (χ4n) is 6.72. The van der Waals surface area contributed by atoms with E-state index in [9.17, 15) is 0 Å². The SMILES string of the molecule is CCCCn1c(-c2ccccc2)nc(-c2ccccc2)c1CN(CC1CCCCC1)CC1CCCCC1. The smallest absolute Gasteiger partial charge is 0.140 e. The number of hydrogen-bond acceptors (Lipinski definition) is 2. The van der Waals surface area contributed by atoms with E-state index in [1.165, 1.54) is 113 Å². The zero-order valence-electron chi connectivity index (χ0n) is 23.1. The Kier molecular flexibility index (Phi) is 9.51. The lowest BCUT2D eigenvalue weighted by Crippen LogP contribution is -2.35. The molecule has 198 valence electrons. The van der Waals surface area contributed by atoms with Gasteiger partial charge in [-0.1, -0.05) is 113 Å². The fourth-order valence-corrected chi connectivity index (χ4v) is 6.72. The summed E-state index contributed by atoms with van der Waals surface area (Å²) in [4.78, 5) is 8.24. The van der Waals surface area contributed by atoms with Crippen LogP contribution in [0, 0.1) is 11.8 Å². The molecule has 0 radical (unpaired) electrons. The molecule has 2 saturated carbocycles. The minimum atomic E-state index is 0.859. The zero-order chi connectivity index (χ0) is 25.3. The van der Waals surface area contributed by atoms with Crippen LogP contribution in [0.2, 0.25) is 0 Å². The van der Waals surface area contributed by atoms with Crippen molar-refractivity contribution >= 4 is 0 Å². The van der Waals surface area contributed by atoms with Crippen molar-refractivity contribution < 1.29 is 0 Å². The molecule has 0 saturated heterocycles. The van der Waals surface area contributed by atoms with E-state index in [1.807, 2.05) is 0 Å². The third-order valence-electron chi connectivity index (χ3n) is 8.74. The minimum Gasteiger partial charge on any atom is -0.326 e. The van der Waals surface area contributed by atoms with Crippen molar-refractivity contribution in [2.45, 2.75) is 97.1 Å². The summed E-state index contributed by atoms with van der Waals surface area (Å²) < 4.78 is 2.58. The number of benzene rings is 2. The van der Waals surface area contributed by atoms with Crippen molar-refractivity contribution in [3.63, 3.8) is 0 Å². The molecule has 0 amide bonds. The number of hydrogen-bond donors (Lipinski definition) is 0. The second-order valence-corrected chi connectivity index (χ2v) is 11.7. The van der Waals surface area contributed by atoms with Gasteiger partial charge in [0.2, 0.25) is 0 Å². The lowest BCUT2D eigenvalue weighted by molar-refractivity contribution is 0.150. The van der Waals surface area contributed by atoms with Crippen molar-refractivity contribution in [1.29, 1.82) is 0 Å². The summed E-state index contributed by atoms with van der Waals surface area (Å²) >= 11 is 0. The van der Waals surface area contributed by atoms with Crippen LogP contribution < -0.4 is 0 Å². The van der Waals surface area contributed by atoms with E-state index in [0.717, 1.165) is 30.7 Å². The lowest BCUT2D eigenvalue weighted by atomic mass is 9.86. The van der Waals surface area contributed by atoms with Crippen LogP contribution in [0.5, 0.6) is 0 Å². The standard InChI is InChI=1S/C34H47N3/c1-2-3-24-37-32(27-36(25-28-16-8-4-9-17-28)26-29-18-10-5-11-19-29)33(30-20-12-6-13-21-30)35-34(37)31-22-14-7-15-23-31/h6-7,12-15,20-23,28-29H,2-5,8-11,16-19,24-27H2,1H3. The van der Waals surface area contributed by atoms with E-state index < -0.39 is 0 Å². The van der Waals surface area contributed by atoms with E-state index in [4.69, 9.17) is 4.98 Å². The molecule has 2 aliphatic carbocycles. The van der Waals surface area contributed by atoms with E-state index in [2.05, 4.69) is 77.1 Å². The lowest BCUT2D eigenvalue weighted by Gasteiger charge is -2.34. The number of unbranched alkanes of at least 4 members (excludes halogenated alkanes) is 1. The van der Waals surface area contributed by atoms with Gasteiger partial charge >= 0.3 is 0 Å². The molecule has 2 fully saturated rings. The van der Waals surface area contributed by atoms with E-state index >= 15 is 0 Å². The number of nitrogens with zero attached hydrogens (tertiary/aromatic N) is 3. The first-order chi connectivity index (χ1) is 18.3. The first kappa shape index (κ1) is 26.2. The summed E-state index contributed by atoms with van der Waals surface area (Å²) in [6.45, 7) is 6.86. The van der Waals surface area contributed by atoms with Crippen LogP contribution in [0.15, 0.2) is 60.7 Å². The maximum atomic E-state index is 5.39. The largest absolute Gasteiger partial charge is 0.326 e. The predicted molar refractivity (Wildman–Crippen MR) is 156 cm³/mol. The Bertz CT molecular complexity index is 1040. The topological polar surface area (TPSA) is 21.1 Å². The first-order valence-corrected chi connectivity index (χ1v) is 15.2. The molecule has 0 unspecified atom stereocenters. The van der Waals surface area contributed by atoms with Crippen LogP contribution in [-0.2, 0) is 13.1 Å². The zero-order valence-corrected chi connectivity index (χ0v) is 23.1. The molecule has 0 atom stereocenters. The average molecular weight is 498 g/mol. The summed E-state index contributed by atoms with van der Waals surface area (Å²) in [6.07, 6.45) is 16.6. The maximum absolute atomic E-state index is 5.39. The van der Waals surface area contributed by atoms with Gasteiger partial charge in [0.05, 0.1) is 11.4 Å². The van der Waals surface area contributed by atoms with Gasteiger partial charge in [0, 0.05) is 37.3 Å². The molecular weight excluding hydrogens is 450 g/mol. The predicted octanol–water partition coefficient (Wildman–Crippen LogP) is 8.98. The van der Waals surface area contributed by atoms with Gasteiger partial charge in [-0.3, -0.25) is 4.90 Å². The molecule has 5 rings (SSSR count). The monoisotopic (exact) mass is 497 g/mol. The van der Waals surface area contributed by atoms with Gasteiger partial charge < -0.3 is 4.57 Å². The van der Waals surface area contributed by atoms with E-state index in [0.29, 0.717) is 0 Å². The van der Waals surface area contributed by atoms with Gasteiger partial charge in [-0.15, -0.1) is 0 Å². The maximum Gasteiger partial charge on any atom is 0.140 e. The summed E-state index contributed by atoms with van der Waals surface area (Å²) in [5.74, 6) is 2.86. The summed E-state index contributed by atoms with van der Waals surface area (Å²) in [5.41, 5.74) is 5.09. The van der Waals surface area contributed by atoms with Gasteiger partial charge in [0.25, 0.3) is 0 Å². The Labute approximate surface area is 225 Å². The Morgan fingerprint density at radius 2 is 1.27 bits per heavy atom. The molecule has 0 aliphatic heterocycles. The Hall–Kier alpha value is -2.39. The highest BCUT2D eigenvalue weighted by Crippen LogP contribution is 2.33. The van der Waals surface area contributed by atoms with E-state index in [-0.39, 0.29) is 0 Å². The van der Waals surface area contributed by atoms with Crippen LogP contribution in [0.1, 0.15) is 89.7 Å². The highest BCUT2D eigenvalue weighted by Gasteiger charge is 2.26. The number of aromatic nitrogens is 2. The summed E-state index contributed by atoms with van der Waals surface area (Å²) in [5, 5.41) is 0. The van der Waals surface area contributed by atoms with Crippen LogP contribution in [0.3, 0.4) is 0 Å². The Morgan fingerprint density at radius 1 is 0.730 bits per heavy atom. The van der Waals surface area contributed by atoms with E-state index in [1.54, 1.807) is 0 Å². The Balaban J connectivity index is 1.53.